The van der Waals surface area contributed by atoms with E-state index in [0.717, 1.165) is 48.8 Å². The molecule has 1 aromatic carbocycles. The van der Waals surface area contributed by atoms with E-state index in [-0.39, 0.29) is 17.0 Å². The van der Waals surface area contributed by atoms with Crippen LogP contribution in [-0.4, -0.2) is 50.8 Å². The standard InChI is InChI=1S/C25H26N4O2S3/c1-17-19(22(28-11-13-33-14-12-28)27(2)23(30)20(17)16-26)15-21-24(31)29(25(32)34-21)10-6-9-18-7-4-3-5-8-18/h3-5,7-8,15H,6,9-14H2,1-2H3. The molecule has 1 aromatic heterocycles. The Kier molecular flexibility index (Phi) is 7.81. The molecular weight excluding hydrogens is 485 g/mol. The van der Waals surface area contributed by atoms with Crippen molar-refractivity contribution in [2.45, 2.75) is 19.8 Å². The first-order valence-electron chi connectivity index (χ1n) is 11.2. The highest BCUT2D eigenvalue weighted by atomic mass is 32.2. The van der Waals surface area contributed by atoms with E-state index in [1.807, 2.05) is 36.0 Å². The summed E-state index contributed by atoms with van der Waals surface area (Å²) in [7, 11) is 1.70. The molecule has 2 saturated heterocycles. The van der Waals surface area contributed by atoms with Crippen LogP contribution in [0.2, 0.25) is 0 Å². The first kappa shape index (κ1) is 24.6. The van der Waals surface area contributed by atoms with Crippen molar-refractivity contribution in [3.63, 3.8) is 0 Å². The van der Waals surface area contributed by atoms with Crippen molar-refractivity contribution in [3.8, 4) is 6.07 Å². The third-order valence-electron chi connectivity index (χ3n) is 6.12. The third kappa shape index (κ3) is 4.95. The minimum Gasteiger partial charge on any atom is -0.356 e. The molecular formula is C25H26N4O2S3. The number of rotatable bonds is 6. The van der Waals surface area contributed by atoms with Crippen LogP contribution in [0.4, 0.5) is 5.82 Å². The van der Waals surface area contributed by atoms with Gasteiger partial charge in [0.25, 0.3) is 11.5 Å². The monoisotopic (exact) mass is 510 g/mol. The van der Waals surface area contributed by atoms with Crippen molar-refractivity contribution in [1.29, 1.82) is 5.26 Å². The third-order valence-corrected chi connectivity index (χ3v) is 8.44. The Labute approximate surface area is 213 Å². The molecule has 34 heavy (non-hydrogen) atoms. The molecule has 0 spiro atoms. The maximum Gasteiger partial charge on any atom is 0.270 e. The average Bonchev–Trinajstić information content (AvgIpc) is 3.11. The number of thiocarbonyl (C=S) groups is 1. The second kappa shape index (κ2) is 10.8. The van der Waals surface area contributed by atoms with Crippen molar-refractivity contribution in [3.05, 3.63) is 67.8 Å². The summed E-state index contributed by atoms with van der Waals surface area (Å²) in [6.07, 6.45) is 3.51. The van der Waals surface area contributed by atoms with Crippen molar-refractivity contribution < 1.29 is 4.79 Å². The minimum atomic E-state index is -0.307. The van der Waals surface area contributed by atoms with Crippen molar-refractivity contribution >= 4 is 57.9 Å². The lowest BCUT2D eigenvalue weighted by atomic mass is 10.0. The zero-order valence-electron chi connectivity index (χ0n) is 19.2. The van der Waals surface area contributed by atoms with Gasteiger partial charge in [0.2, 0.25) is 0 Å². The summed E-state index contributed by atoms with van der Waals surface area (Å²) in [6, 6.07) is 12.2. The van der Waals surface area contributed by atoms with Crippen LogP contribution in [0.1, 0.15) is 28.7 Å². The number of thioether (sulfide) groups is 2. The predicted octanol–water partition coefficient (Wildman–Crippen LogP) is 3.95. The van der Waals surface area contributed by atoms with E-state index >= 15 is 0 Å². The largest absolute Gasteiger partial charge is 0.356 e. The van der Waals surface area contributed by atoms with Crippen LogP contribution in [-0.2, 0) is 18.3 Å². The zero-order chi connectivity index (χ0) is 24.2. The molecule has 2 fully saturated rings. The highest BCUT2D eigenvalue weighted by molar-refractivity contribution is 8.26. The van der Waals surface area contributed by atoms with Crippen LogP contribution >= 0.6 is 35.7 Å². The van der Waals surface area contributed by atoms with Gasteiger partial charge >= 0.3 is 0 Å². The lowest BCUT2D eigenvalue weighted by molar-refractivity contribution is -0.122. The fourth-order valence-electron chi connectivity index (χ4n) is 4.28. The summed E-state index contributed by atoms with van der Waals surface area (Å²) in [5.74, 6) is 2.58. The summed E-state index contributed by atoms with van der Waals surface area (Å²) in [6.45, 7) is 3.96. The number of carbonyl (C=O) groups excluding carboxylic acids is 1. The molecule has 0 unspecified atom stereocenters. The second-order valence-corrected chi connectivity index (χ2v) is 11.1. The molecule has 2 aliphatic heterocycles. The van der Waals surface area contributed by atoms with Crippen LogP contribution in [0.25, 0.3) is 6.08 Å². The number of hydrogen-bond donors (Lipinski definition) is 0. The quantitative estimate of drug-likeness (QED) is 0.430. The zero-order valence-corrected chi connectivity index (χ0v) is 21.7. The maximum absolute atomic E-state index is 13.3. The number of benzene rings is 1. The molecule has 1 amide bonds. The van der Waals surface area contributed by atoms with E-state index in [0.29, 0.717) is 21.3 Å². The van der Waals surface area contributed by atoms with E-state index in [9.17, 15) is 14.9 Å². The SMILES string of the molecule is Cc1c(C=C2SC(=S)N(CCCc3ccccc3)C2=O)c(N2CCSCC2)n(C)c(=O)c1C#N. The van der Waals surface area contributed by atoms with E-state index < -0.39 is 0 Å². The minimum absolute atomic E-state index is 0.113. The van der Waals surface area contributed by atoms with E-state index in [2.05, 4.69) is 23.1 Å². The molecule has 0 aliphatic carbocycles. The molecule has 0 atom stereocenters. The normalized spacial score (nSPS) is 17.5. The Morgan fingerprint density at radius 3 is 2.56 bits per heavy atom. The summed E-state index contributed by atoms with van der Waals surface area (Å²) in [4.78, 5) is 30.5. The molecule has 2 aliphatic rings. The fraction of sp³-hybridized carbons (Fsp3) is 0.360. The first-order valence-corrected chi connectivity index (χ1v) is 13.6. The van der Waals surface area contributed by atoms with Gasteiger partial charge in [-0.05, 0) is 37.0 Å². The number of nitriles is 1. The molecule has 2 aromatic rings. The van der Waals surface area contributed by atoms with E-state index in [4.69, 9.17) is 12.2 Å². The van der Waals surface area contributed by atoms with Gasteiger partial charge in [-0.25, -0.2) is 0 Å². The highest BCUT2D eigenvalue weighted by Gasteiger charge is 2.33. The average molecular weight is 511 g/mol. The Balaban J connectivity index is 1.64. The number of amides is 1. The van der Waals surface area contributed by atoms with Gasteiger partial charge in [0, 0.05) is 43.8 Å². The molecule has 0 saturated carbocycles. The Morgan fingerprint density at radius 1 is 1.18 bits per heavy atom. The van der Waals surface area contributed by atoms with E-state index in [1.54, 1.807) is 23.4 Å². The molecule has 0 radical (unpaired) electrons. The Morgan fingerprint density at radius 2 is 1.88 bits per heavy atom. The van der Waals surface area contributed by atoms with Crippen LogP contribution in [0.15, 0.2) is 40.0 Å². The lowest BCUT2D eigenvalue weighted by Crippen LogP contribution is -2.38. The van der Waals surface area contributed by atoms with Gasteiger partial charge in [-0.3, -0.25) is 19.1 Å². The van der Waals surface area contributed by atoms with Crippen LogP contribution < -0.4 is 10.5 Å². The Hall–Kier alpha value is -2.54. The number of pyridine rings is 1. The number of aromatic nitrogens is 1. The molecule has 4 rings (SSSR count). The van der Waals surface area contributed by atoms with E-state index in [1.165, 1.54) is 17.3 Å². The van der Waals surface area contributed by atoms with Gasteiger partial charge in [0.05, 0.1) is 4.91 Å². The molecule has 176 valence electrons. The van der Waals surface area contributed by atoms with Crippen molar-refractivity contribution in [2.75, 3.05) is 36.0 Å². The first-order chi connectivity index (χ1) is 16.4. The van der Waals surface area contributed by atoms with Gasteiger partial charge in [-0.1, -0.05) is 54.3 Å². The second-order valence-electron chi connectivity index (χ2n) is 8.24. The highest BCUT2D eigenvalue weighted by Crippen LogP contribution is 2.36. The molecule has 6 nitrogen and oxygen atoms in total. The molecule has 3 heterocycles. The Bertz CT molecular complexity index is 1240. The van der Waals surface area contributed by atoms with Gasteiger partial charge in [-0.15, -0.1) is 0 Å². The summed E-state index contributed by atoms with van der Waals surface area (Å²) in [5.41, 5.74) is 2.39. The van der Waals surface area contributed by atoms with Gasteiger partial charge < -0.3 is 4.90 Å². The summed E-state index contributed by atoms with van der Waals surface area (Å²) < 4.78 is 2.09. The summed E-state index contributed by atoms with van der Waals surface area (Å²) >= 11 is 8.70. The van der Waals surface area contributed by atoms with Crippen molar-refractivity contribution in [1.82, 2.24) is 9.47 Å². The molecule has 0 bridgehead atoms. The van der Waals surface area contributed by atoms with Crippen LogP contribution in [0.5, 0.6) is 0 Å². The van der Waals surface area contributed by atoms with Crippen LogP contribution in [0.3, 0.4) is 0 Å². The molecule has 0 N–H and O–H groups in total. The van der Waals surface area contributed by atoms with Crippen molar-refractivity contribution in [2.24, 2.45) is 7.05 Å². The maximum atomic E-state index is 13.3. The number of hydrogen-bond acceptors (Lipinski definition) is 7. The molecule has 9 heteroatoms. The van der Waals surface area contributed by atoms with Gasteiger partial charge in [-0.2, -0.15) is 17.0 Å². The van der Waals surface area contributed by atoms with Gasteiger partial charge in [0.1, 0.15) is 21.8 Å². The fourth-order valence-corrected chi connectivity index (χ4v) is 6.47. The number of aryl methyl sites for hydroxylation is 1. The smallest absolute Gasteiger partial charge is 0.270 e. The number of nitrogens with zero attached hydrogens (tertiary/aromatic N) is 4. The predicted molar refractivity (Wildman–Crippen MR) is 145 cm³/mol. The summed E-state index contributed by atoms with van der Waals surface area (Å²) in [5, 5.41) is 9.64. The number of carbonyl (C=O) groups is 1. The van der Waals surface area contributed by atoms with Gasteiger partial charge in [0.15, 0.2) is 0 Å². The topological polar surface area (TPSA) is 69.3 Å². The number of anilines is 1. The van der Waals surface area contributed by atoms with Crippen LogP contribution in [0, 0.1) is 18.3 Å². The lowest BCUT2D eigenvalue weighted by Gasteiger charge is -2.32.